The summed E-state index contributed by atoms with van der Waals surface area (Å²) < 4.78 is 5.65. The van der Waals surface area contributed by atoms with Crippen LogP contribution in [0.1, 0.15) is 56.8 Å². The van der Waals surface area contributed by atoms with Gasteiger partial charge in [-0.3, -0.25) is 0 Å². The number of hydrogen-bond donors (Lipinski definition) is 1. The first-order chi connectivity index (χ1) is 12.0. The Morgan fingerprint density at radius 3 is 2.88 bits per heavy atom. The molecule has 0 fully saturated rings. The third-order valence-electron chi connectivity index (χ3n) is 4.03. The quantitative estimate of drug-likeness (QED) is 0.716. The summed E-state index contributed by atoms with van der Waals surface area (Å²) in [6.45, 7) is 6.50. The standard InChI is InChI=1S/C17H20N6OS/c1-17(2,3)25-13-8-7-10(9-18-13)15-19-16(24-22-15)11-5-4-6-12-14(11)21-23-20-12/h7-9,11H,4-6H2,1-3H3,(H,20,21,23). The van der Waals surface area contributed by atoms with E-state index in [1.165, 1.54) is 0 Å². The molecule has 3 aromatic rings. The summed E-state index contributed by atoms with van der Waals surface area (Å²) in [6.07, 6.45) is 4.73. The van der Waals surface area contributed by atoms with Crippen molar-refractivity contribution in [1.29, 1.82) is 0 Å². The van der Waals surface area contributed by atoms with Gasteiger partial charge in [0.2, 0.25) is 11.7 Å². The molecule has 4 rings (SSSR count). The van der Waals surface area contributed by atoms with Crippen molar-refractivity contribution in [3.8, 4) is 11.4 Å². The predicted octanol–water partition coefficient (Wildman–Crippen LogP) is 3.61. The second-order valence-electron chi connectivity index (χ2n) is 7.16. The van der Waals surface area contributed by atoms with Crippen LogP contribution < -0.4 is 0 Å². The number of thioether (sulfide) groups is 1. The fraction of sp³-hybridized carbons (Fsp3) is 0.471. The molecule has 0 amide bonds. The van der Waals surface area contributed by atoms with Crippen LogP contribution in [0.15, 0.2) is 27.9 Å². The van der Waals surface area contributed by atoms with Gasteiger partial charge in [-0.25, -0.2) is 4.98 Å². The molecule has 3 heterocycles. The highest BCUT2D eigenvalue weighted by Gasteiger charge is 2.30. The topological polar surface area (TPSA) is 93.4 Å². The minimum atomic E-state index is 0.0208. The first kappa shape index (κ1) is 16.3. The van der Waals surface area contributed by atoms with Gasteiger partial charge in [0.15, 0.2) is 0 Å². The molecule has 1 unspecified atom stereocenters. The summed E-state index contributed by atoms with van der Waals surface area (Å²) in [5.74, 6) is 1.18. The van der Waals surface area contributed by atoms with Crippen LogP contribution in [0.2, 0.25) is 0 Å². The van der Waals surface area contributed by atoms with Crippen LogP contribution in [-0.2, 0) is 6.42 Å². The van der Waals surface area contributed by atoms with Crippen molar-refractivity contribution in [2.45, 2.75) is 55.7 Å². The highest BCUT2D eigenvalue weighted by Crippen LogP contribution is 2.34. The zero-order chi connectivity index (χ0) is 17.4. The number of hydrogen-bond acceptors (Lipinski definition) is 7. The molecule has 1 N–H and O–H groups in total. The van der Waals surface area contributed by atoms with Crippen LogP contribution in [0.5, 0.6) is 0 Å². The average Bonchev–Trinajstić information content (AvgIpc) is 3.23. The summed E-state index contributed by atoms with van der Waals surface area (Å²) in [5, 5.41) is 16.3. The molecular formula is C17H20N6OS. The smallest absolute Gasteiger partial charge is 0.236 e. The molecule has 8 heteroatoms. The van der Waals surface area contributed by atoms with Gasteiger partial charge >= 0.3 is 0 Å². The third-order valence-corrected chi connectivity index (χ3v) is 5.10. The maximum Gasteiger partial charge on any atom is 0.236 e. The van der Waals surface area contributed by atoms with E-state index in [2.05, 4.69) is 51.3 Å². The van der Waals surface area contributed by atoms with Gasteiger partial charge in [0, 0.05) is 16.5 Å². The number of H-pyrrole nitrogens is 1. The maximum atomic E-state index is 5.52. The number of nitrogens with zero attached hydrogens (tertiary/aromatic N) is 5. The lowest BCUT2D eigenvalue weighted by Gasteiger charge is -2.16. The lowest BCUT2D eigenvalue weighted by atomic mass is 9.90. The lowest BCUT2D eigenvalue weighted by molar-refractivity contribution is 0.352. The van der Waals surface area contributed by atoms with E-state index in [1.807, 2.05) is 12.1 Å². The Kier molecular flexibility index (Phi) is 4.07. The molecule has 1 atom stereocenters. The van der Waals surface area contributed by atoms with Crippen LogP contribution in [0.4, 0.5) is 0 Å². The van der Waals surface area contributed by atoms with Crippen molar-refractivity contribution in [2.75, 3.05) is 0 Å². The molecular weight excluding hydrogens is 336 g/mol. The van der Waals surface area contributed by atoms with Crippen molar-refractivity contribution in [3.05, 3.63) is 35.6 Å². The first-order valence-electron chi connectivity index (χ1n) is 8.38. The zero-order valence-corrected chi connectivity index (χ0v) is 15.3. The van der Waals surface area contributed by atoms with Gasteiger partial charge in [-0.15, -0.1) is 11.8 Å². The number of nitrogens with one attached hydrogen (secondary N) is 1. The Bertz CT molecular complexity index is 864. The molecule has 0 saturated heterocycles. The second-order valence-corrected chi connectivity index (χ2v) is 9.00. The van der Waals surface area contributed by atoms with E-state index < -0.39 is 0 Å². The van der Waals surface area contributed by atoms with Crippen LogP contribution in [0.25, 0.3) is 11.4 Å². The number of rotatable bonds is 3. The molecule has 25 heavy (non-hydrogen) atoms. The number of pyridine rings is 1. The van der Waals surface area contributed by atoms with E-state index in [0.29, 0.717) is 11.7 Å². The highest BCUT2D eigenvalue weighted by atomic mass is 32.2. The van der Waals surface area contributed by atoms with E-state index in [-0.39, 0.29) is 10.7 Å². The van der Waals surface area contributed by atoms with Gasteiger partial charge in [-0.05, 0) is 31.4 Å². The molecule has 1 aliphatic rings. The van der Waals surface area contributed by atoms with Crippen molar-refractivity contribution in [3.63, 3.8) is 0 Å². The Morgan fingerprint density at radius 2 is 2.12 bits per heavy atom. The molecule has 0 radical (unpaired) electrons. The number of aromatic nitrogens is 6. The van der Waals surface area contributed by atoms with Crippen LogP contribution in [-0.4, -0.2) is 35.3 Å². The van der Waals surface area contributed by atoms with Crippen molar-refractivity contribution in [1.82, 2.24) is 30.5 Å². The largest absolute Gasteiger partial charge is 0.338 e. The predicted molar refractivity (Wildman–Crippen MR) is 94.3 cm³/mol. The minimum absolute atomic E-state index is 0.0208. The third kappa shape index (κ3) is 3.44. The van der Waals surface area contributed by atoms with Gasteiger partial charge in [-0.1, -0.05) is 25.9 Å². The lowest BCUT2D eigenvalue weighted by Crippen LogP contribution is -2.11. The normalized spacial score (nSPS) is 17.5. The molecule has 0 spiro atoms. The van der Waals surface area contributed by atoms with Crippen LogP contribution in [0, 0.1) is 0 Å². The van der Waals surface area contributed by atoms with Gasteiger partial charge in [0.25, 0.3) is 0 Å². The fourth-order valence-corrected chi connectivity index (χ4v) is 3.82. The molecule has 1 aliphatic carbocycles. The summed E-state index contributed by atoms with van der Waals surface area (Å²) in [6, 6.07) is 3.98. The highest BCUT2D eigenvalue weighted by molar-refractivity contribution is 8.00. The van der Waals surface area contributed by atoms with Gasteiger partial charge in [-0.2, -0.15) is 20.4 Å². The molecule has 0 aromatic carbocycles. The van der Waals surface area contributed by atoms with E-state index in [0.717, 1.165) is 41.2 Å². The van der Waals surface area contributed by atoms with Crippen LogP contribution in [0.3, 0.4) is 0 Å². The van der Waals surface area contributed by atoms with Gasteiger partial charge in [0.1, 0.15) is 0 Å². The molecule has 0 saturated carbocycles. The summed E-state index contributed by atoms with van der Waals surface area (Å²) in [4.78, 5) is 9.08. The average molecular weight is 356 g/mol. The van der Waals surface area contributed by atoms with E-state index in [9.17, 15) is 0 Å². The van der Waals surface area contributed by atoms with Gasteiger partial charge in [0.05, 0.1) is 22.3 Å². The van der Waals surface area contributed by atoms with Crippen LogP contribution >= 0.6 is 11.8 Å². The van der Waals surface area contributed by atoms with Crippen molar-refractivity contribution in [2.24, 2.45) is 0 Å². The molecule has 130 valence electrons. The Balaban J connectivity index is 1.56. The SMILES string of the molecule is CC(C)(C)Sc1ccc(-c2noc(C3CCCc4n[nH]nc43)n2)cn1. The zero-order valence-electron chi connectivity index (χ0n) is 14.5. The van der Waals surface area contributed by atoms with Crippen molar-refractivity contribution >= 4 is 11.8 Å². The number of aromatic amines is 1. The Hall–Kier alpha value is -2.22. The van der Waals surface area contributed by atoms with E-state index in [4.69, 9.17) is 4.52 Å². The Labute approximate surface area is 150 Å². The summed E-state index contributed by atoms with van der Waals surface area (Å²) >= 11 is 1.73. The number of fused-ring (bicyclic) bond motifs is 1. The number of aryl methyl sites for hydroxylation is 1. The molecule has 3 aromatic heterocycles. The van der Waals surface area contributed by atoms with Crippen molar-refractivity contribution < 1.29 is 4.52 Å². The molecule has 7 nitrogen and oxygen atoms in total. The van der Waals surface area contributed by atoms with E-state index >= 15 is 0 Å². The summed E-state index contributed by atoms with van der Waals surface area (Å²) in [7, 11) is 0. The fourth-order valence-electron chi connectivity index (χ4n) is 2.96. The maximum absolute atomic E-state index is 5.52. The van der Waals surface area contributed by atoms with E-state index in [1.54, 1.807) is 18.0 Å². The molecule has 0 aliphatic heterocycles. The first-order valence-corrected chi connectivity index (χ1v) is 9.20. The Morgan fingerprint density at radius 1 is 1.24 bits per heavy atom. The second kappa shape index (κ2) is 6.25. The monoisotopic (exact) mass is 356 g/mol. The summed E-state index contributed by atoms with van der Waals surface area (Å²) in [5.41, 5.74) is 2.78. The molecule has 0 bridgehead atoms. The minimum Gasteiger partial charge on any atom is -0.338 e. The van der Waals surface area contributed by atoms with Gasteiger partial charge < -0.3 is 4.52 Å².